The average molecular weight is 1140 g/mol. The van der Waals surface area contributed by atoms with Gasteiger partial charge in [0.25, 0.3) is 0 Å². The molecule has 0 amide bonds. The molecule has 0 aromatic rings. The first-order valence-corrected chi connectivity index (χ1v) is 32.2. The van der Waals surface area contributed by atoms with Crippen molar-refractivity contribution in [3.63, 3.8) is 0 Å². The molecule has 0 aliphatic rings. The minimum Gasteiger partial charge on any atom is -0.462 e. The topological polar surface area (TPSA) is 78.9 Å². The zero-order valence-electron chi connectivity index (χ0n) is 52.4. The number of esters is 3. The number of carbonyl (C=O) groups is 3. The molecule has 0 saturated heterocycles. The number of allylic oxidation sites excluding steroid dienone is 36. The van der Waals surface area contributed by atoms with Crippen LogP contribution >= 0.6 is 0 Å². The molecule has 6 heteroatoms. The highest BCUT2D eigenvalue weighted by atomic mass is 16.6. The van der Waals surface area contributed by atoms with Gasteiger partial charge < -0.3 is 14.2 Å². The summed E-state index contributed by atoms with van der Waals surface area (Å²) >= 11 is 0. The van der Waals surface area contributed by atoms with E-state index in [0.29, 0.717) is 19.3 Å². The smallest absolute Gasteiger partial charge is 0.306 e. The molecule has 0 fully saturated rings. The quantitative estimate of drug-likeness (QED) is 0.0261. The first-order chi connectivity index (χ1) is 41.0. The highest BCUT2D eigenvalue weighted by molar-refractivity contribution is 5.71. The number of rotatable bonds is 55. The summed E-state index contributed by atoms with van der Waals surface area (Å²) in [5, 5.41) is 0. The van der Waals surface area contributed by atoms with Crippen molar-refractivity contribution < 1.29 is 28.6 Å². The molecule has 0 radical (unpaired) electrons. The fourth-order valence-corrected chi connectivity index (χ4v) is 7.77. The second kappa shape index (κ2) is 68.2. The van der Waals surface area contributed by atoms with E-state index < -0.39 is 12.1 Å². The van der Waals surface area contributed by atoms with E-state index in [1.54, 1.807) is 0 Å². The third-order valence-electron chi connectivity index (χ3n) is 12.5. The molecule has 1 atom stereocenters. The van der Waals surface area contributed by atoms with Crippen LogP contribution in [0.25, 0.3) is 0 Å². The Balaban J connectivity index is 4.48. The van der Waals surface area contributed by atoms with Gasteiger partial charge >= 0.3 is 17.9 Å². The van der Waals surface area contributed by atoms with Gasteiger partial charge in [0, 0.05) is 19.3 Å². The van der Waals surface area contributed by atoms with Crippen molar-refractivity contribution in [3.05, 3.63) is 219 Å². The van der Waals surface area contributed by atoms with Crippen molar-refractivity contribution in [2.24, 2.45) is 0 Å². The fraction of sp³-hybridized carbons (Fsp3) is 0.494. The second-order valence-corrected chi connectivity index (χ2v) is 20.2. The summed E-state index contributed by atoms with van der Waals surface area (Å²) < 4.78 is 16.8. The molecular formula is C77H114O6. The van der Waals surface area contributed by atoms with Crippen molar-refractivity contribution in [2.45, 2.75) is 232 Å². The van der Waals surface area contributed by atoms with Crippen LogP contribution in [0.3, 0.4) is 0 Å². The SMILES string of the molecule is CC/C=C\C/C=C\C/C=C\C/C=C\C/C=C\C/C=C\C/C=C\C/C=C\C/C=C\CCCCCCCC(=O)OCC(COC(=O)CCCCC/C=C\C/C=C\C/C=C\CC)OC(=O)CC/C=C\C/C=C\C/C=C\C/C=C\C/C=C\C/C=C\CC. The van der Waals surface area contributed by atoms with Gasteiger partial charge in [-0.2, -0.15) is 0 Å². The number of unbranched alkanes of at least 4 members (excludes halogenated alkanes) is 8. The summed E-state index contributed by atoms with van der Waals surface area (Å²) in [6, 6.07) is 0. The van der Waals surface area contributed by atoms with Crippen LogP contribution in [0.15, 0.2) is 219 Å². The summed E-state index contributed by atoms with van der Waals surface area (Å²) in [4.78, 5) is 38.2. The van der Waals surface area contributed by atoms with Crippen molar-refractivity contribution in [1.29, 1.82) is 0 Å². The summed E-state index contributed by atoms with van der Waals surface area (Å²) in [5.74, 6) is -1.09. The van der Waals surface area contributed by atoms with Gasteiger partial charge in [-0.15, -0.1) is 0 Å². The maximum absolute atomic E-state index is 12.9. The van der Waals surface area contributed by atoms with Crippen LogP contribution in [0.1, 0.15) is 226 Å². The Morgan fingerprint density at radius 3 is 0.735 bits per heavy atom. The Hall–Kier alpha value is -6.27. The Morgan fingerprint density at radius 2 is 0.458 bits per heavy atom. The summed E-state index contributed by atoms with van der Waals surface area (Å²) in [7, 11) is 0. The molecule has 0 saturated carbocycles. The van der Waals surface area contributed by atoms with Gasteiger partial charge in [-0.1, -0.05) is 265 Å². The van der Waals surface area contributed by atoms with Crippen molar-refractivity contribution in [1.82, 2.24) is 0 Å². The van der Waals surface area contributed by atoms with Gasteiger partial charge in [-0.05, 0) is 161 Å². The van der Waals surface area contributed by atoms with Crippen molar-refractivity contribution in [2.75, 3.05) is 13.2 Å². The maximum atomic E-state index is 12.9. The molecular weight excluding hydrogens is 1020 g/mol. The number of carbonyl (C=O) groups excluding carboxylic acids is 3. The predicted molar refractivity (Wildman–Crippen MR) is 361 cm³/mol. The van der Waals surface area contributed by atoms with E-state index in [1.807, 2.05) is 12.2 Å². The largest absolute Gasteiger partial charge is 0.462 e. The van der Waals surface area contributed by atoms with Gasteiger partial charge in [0.1, 0.15) is 13.2 Å². The molecule has 0 aromatic heterocycles. The maximum Gasteiger partial charge on any atom is 0.306 e. The van der Waals surface area contributed by atoms with E-state index in [0.717, 1.165) is 180 Å². The van der Waals surface area contributed by atoms with Gasteiger partial charge in [0.2, 0.25) is 0 Å². The summed E-state index contributed by atoms with van der Waals surface area (Å²) in [6.45, 7) is 6.16. The molecule has 0 rings (SSSR count). The van der Waals surface area contributed by atoms with Gasteiger partial charge in [-0.25, -0.2) is 0 Å². The molecule has 6 nitrogen and oxygen atoms in total. The summed E-state index contributed by atoms with van der Waals surface area (Å²) in [6.07, 6.45) is 107. The predicted octanol–water partition coefficient (Wildman–Crippen LogP) is 22.5. The molecule has 0 N–H and O–H groups in total. The van der Waals surface area contributed by atoms with E-state index in [2.05, 4.69) is 227 Å². The molecule has 0 bridgehead atoms. The van der Waals surface area contributed by atoms with Crippen LogP contribution in [0.4, 0.5) is 0 Å². The molecule has 1 unspecified atom stereocenters. The van der Waals surface area contributed by atoms with Gasteiger partial charge in [0.05, 0.1) is 0 Å². The van der Waals surface area contributed by atoms with E-state index in [4.69, 9.17) is 14.2 Å². The highest BCUT2D eigenvalue weighted by Crippen LogP contribution is 2.12. The van der Waals surface area contributed by atoms with E-state index in [-0.39, 0.29) is 31.6 Å². The second-order valence-electron chi connectivity index (χ2n) is 20.2. The Bertz CT molecular complexity index is 2080. The van der Waals surface area contributed by atoms with E-state index in [1.165, 1.54) is 0 Å². The Labute approximate surface area is 508 Å². The number of hydrogen-bond donors (Lipinski definition) is 0. The average Bonchev–Trinajstić information content (AvgIpc) is 3.49. The number of ether oxygens (including phenoxy) is 3. The van der Waals surface area contributed by atoms with Crippen LogP contribution in [0, 0.1) is 0 Å². The number of hydrogen-bond acceptors (Lipinski definition) is 6. The third-order valence-corrected chi connectivity index (χ3v) is 12.5. The lowest BCUT2D eigenvalue weighted by molar-refractivity contribution is -0.166. The zero-order chi connectivity index (χ0) is 59.9. The lowest BCUT2D eigenvalue weighted by Gasteiger charge is -2.18. The minimum atomic E-state index is -0.854. The minimum absolute atomic E-state index is 0.141. The third kappa shape index (κ3) is 66.4. The van der Waals surface area contributed by atoms with Crippen LogP contribution < -0.4 is 0 Å². The van der Waals surface area contributed by atoms with Crippen LogP contribution in [0.5, 0.6) is 0 Å². The monoisotopic (exact) mass is 1130 g/mol. The Kier molecular flexibility index (Phi) is 63.1. The molecule has 83 heavy (non-hydrogen) atoms. The molecule has 0 aliphatic carbocycles. The first-order valence-electron chi connectivity index (χ1n) is 32.2. The molecule has 0 aromatic carbocycles. The van der Waals surface area contributed by atoms with Crippen LogP contribution in [-0.2, 0) is 28.6 Å². The molecule has 0 heterocycles. The van der Waals surface area contributed by atoms with Crippen LogP contribution in [-0.4, -0.2) is 37.2 Å². The van der Waals surface area contributed by atoms with Gasteiger partial charge in [-0.3, -0.25) is 14.4 Å². The lowest BCUT2D eigenvalue weighted by Crippen LogP contribution is -2.30. The van der Waals surface area contributed by atoms with Crippen LogP contribution in [0.2, 0.25) is 0 Å². The Morgan fingerprint density at radius 1 is 0.241 bits per heavy atom. The molecule has 458 valence electrons. The molecule has 0 aliphatic heterocycles. The summed E-state index contributed by atoms with van der Waals surface area (Å²) in [5.41, 5.74) is 0. The highest BCUT2D eigenvalue weighted by Gasteiger charge is 2.19. The zero-order valence-corrected chi connectivity index (χ0v) is 52.4. The van der Waals surface area contributed by atoms with Crippen molar-refractivity contribution >= 4 is 17.9 Å². The molecule has 0 spiro atoms. The fourth-order valence-electron chi connectivity index (χ4n) is 7.77. The van der Waals surface area contributed by atoms with Gasteiger partial charge in [0.15, 0.2) is 6.10 Å². The van der Waals surface area contributed by atoms with Crippen molar-refractivity contribution in [3.8, 4) is 0 Å². The van der Waals surface area contributed by atoms with E-state index in [9.17, 15) is 14.4 Å². The van der Waals surface area contributed by atoms with E-state index >= 15 is 0 Å². The standard InChI is InChI=1S/C77H114O6/c1-4-7-10-13-16-19-22-25-27-29-31-32-33-34-35-36-37-38-39-40-41-42-43-44-46-47-49-52-55-58-61-64-67-70-76(79)82-73-74(72-81-75(78)69-66-63-60-57-54-51-24-21-18-15-12-9-6-3)83-77(80)71-68-65-62-59-56-53-50-48-45-30-28-26-23-20-17-14-11-8-5-2/h7-12,16-21,25-28,31-32,34-35,37-38,40-41,43-45,47-49,51,53-54,56,62,65,74H,4-6,13-15,22-24,29-30,33,36,39,42,46,50,52,55,57-61,63-64,66-73H2,1-3H3/b10-7-,11-8-,12-9-,19-16-,20-17-,21-18-,27-25-,28-26-,32-31-,35-34-,38-37-,41-40-,44-43-,48-45-,49-47-,54-51-,56-53-,65-62-. The lowest BCUT2D eigenvalue weighted by atomic mass is 10.1. The first kappa shape index (κ1) is 76.7. The normalized spacial score (nSPS) is 13.6.